The molecular weight excluding hydrogens is 300 g/mol. The summed E-state index contributed by atoms with van der Waals surface area (Å²) in [6.45, 7) is 6.92. The Bertz CT molecular complexity index is 802. The van der Waals surface area contributed by atoms with Crippen LogP contribution in [0.4, 0.5) is 0 Å². The SMILES string of the molecule is C[C@H](COc1ccc(-c2ccnn3ccnc23)cc1)CC(C)(C)N. The van der Waals surface area contributed by atoms with Gasteiger partial charge in [-0.25, -0.2) is 9.50 Å². The number of hydrogen-bond acceptors (Lipinski definition) is 4. The molecule has 126 valence electrons. The van der Waals surface area contributed by atoms with E-state index in [0.717, 1.165) is 28.9 Å². The number of nitrogens with two attached hydrogens (primary N) is 1. The van der Waals surface area contributed by atoms with E-state index < -0.39 is 0 Å². The van der Waals surface area contributed by atoms with Crippen molar-refractivity contribution >= 4 is 5.65 Å². The van der Waals surface area contributed by atoms with Gasteiger partial charge in [0.05, 0.1) is 6.61 Å². The molecule has 1 atom stereocenters. The van der Waals surface area contributed by atoms with Gasteiger partial charge in [0.2, 0.25) is 0 Å². The third-order valence-electron chi connectivity index (χ3n) is 3.87. The molecule has 5 heteroatoms. The molecule has 0 aliphatic rings. The zero-order valence-corrected chi connectivity index (χ0v) is 14.4. The summed E-state index contributed by atoms with van der Waals surface area (Å²) >= 11 is 0. The maximum Gasteiger partial charge on any atom is 0.161 e. The van der Waals surface area contributed by atoms with Crippen molar-refractivity contribution in [2.24, 2.45) is 11.7 Å². The average Bonchev–Trinajstić information content (AvgIpc) is 3.00. The van der Waals surface area contributed by atoms with E-state index in [1.807, 2.05) is 38.2 Å². The first kappa shape index (κ1) is 16.5. The van der Waals surface area contributed by atoms with E-state index in [4.69, 9.17) is 10.5 Å². The molecule has 0 saturated heterocycles. The molecule has 2 aromatic heterocycles. The summed E-state index contributed by atoms with van der Waals surface area (Å²) in [7, 11) is 0. The van der Waals surface area contributed by atoms with Crippen LogP contribution in [-0.2, 0) is 0 Å². The fourth-order valence-corrected chi connectivity index (χ4v) is 2.99. The number of hydrogen-bond donors (Lipinski definition) is 1. The first-order chi connectivity index (χ1) is 11.4. The van der Waals surface area contributed by atoms with Crippen LogP contribution in [0.5, 0.6) is 5.75 Å². The highest BCUT2D eigenvalue weighted by molar-refractivity contribution is 5.77. The summed E-state index contributed by atoms with van der Waals surface area (Å²) in [5.74, 6) is 1.28. The van der Waals surface area contributed by atoms with Gasteiger partial charge in [0.1, 0.15) is 5.75 Å². The van der Waals surface area contributed by atoms with Crippen LogP contribution in [0.25, 0.3) is 16.8 Å². The number of imidazole rings is 1. The van der Waals surface area contributed by atoms with E-state index in [1.54, 1.807) is 16.9 Å². The summed E-state index contributed by atoms with van der Waals surface area (Å²) < 4.78 is 7.66. The quantitative estimate of drug-likeness (QED) is 0.753. The Balaban J connectivity index is 1.69. The van der Waals surface area contributed by atoms with Crippen LogP contribution in [-0.4, -0.2) is 26.7 Å². The predicted molar refractivity (Wildman–Crippen MR) is 96.0 cm³/mol. The fraction of sp³-hybridized carbons (Fsp3) is 0.368. The monoisotopic (exact) mass is 324 g/mol. The van der Waals surface area contributed by atoms with Crippen molar-refractivity contribution in [3.63, 3.8) is 0 Å². The summed E-state index contributed by atoms with van der Waals surface area (Å²) in [4.78, 5) is 4.37. The van der Waals surface area contributed by atoms with Crippen LogP contribution >= 0.6 is 0 Å². The molecule has 0 aliphatic carbocycles. The molecule has 0 amide bonds. The van der Waals surface area contributed by atoms with Crippen LogP contribution < -0.4 is 10.5 Å². The highest BCUT2D eigenvalue weighted by Crippen LogP contribution is 2.25. The Kier molecular flexibility index (Phi) is 4.53. The molecule has 0 saturated carbocycles. The van der Waals surface area contributed by atoms with Crippen LogP contribution in [0.15, 0.2) is 48.9 Å². The van der Waals surface area contributed by atoms with E-state index in [9.17, 15) is 0 Å². The van der Waals surface area contributed by atoms with E-state index in [-0.39, 0.29) is 5.54 Å². The van der Waals surface area contributed by atoms with Crippen molar-refractivity contribution in [3.8, 4) is 16.9 Å². The summed E-state index contributed by atoms with van der Waals surface area (Å²) in [6, 6.07) is 10.1. The zero-order chi connectivity index (χ0) is 17.2. The van der Waals surface area contributed by atoms with Gasteiger partial charge in [0, 0.05) is 29.7 Å². The van der Waals surface area contributed by atoms with Crippen molar-refractivity contribution in [2.75, 3.05) is 6.61 Å². The minimum absolute atomic E-state index is 0.163. The Morgan fingerprint density at radius 1 is 1.17 bits per heavy atom. The number of aromatic nitrogens is 3. The molecule has 5 nitrogen and oxygen atoms in total. The smallest absolute Gasteiger partial charge is 0.161 e. The first-order valence-corrected chi connectivity index (χ1v) is 8.23. The molecule has 1 aromatic carbocycles. The van der Waals surface area contributed by atoms with Crippen molar-refractivity contribution in [1.82, 2.24) is 14.6 Å². The largest absolute Gasteiger partial charge is 0.493 e. The second-order valence-corrected chi connectivity index (χ2v) is 7.07. The molecule has 2 heterocycles. The molecule has 0 bridgehead atoms. The molecule has 0 unspecified atom stereocenters. The minimum Gasteiger partial charge on any atom is -0.493 e. The van der Waals surface area contributed by atoms with Crippen molar-refractivity contribution < 1.29 is 4.74 Å². The van der Waals surface area contributed by atoms with Gasteiger partial charge in [0.15, 0.2) is 5.65 Å². The molecular formula is C19H24N4O. The zero-order valence-electron chi connectivity index (χ0n) is 14.4. The first-order valence-electron chi connectivity index (χ1n) is 8.23. The maximum absolute atomic E-state index is 6.06. The van der Waals surface area contributed by atoms with Gasteiger partial charge < -0.3 is 10.5 Å². The minimum atomic E-state index is -0.163. The highest BCUT2D eigenvalue weighted by Gasteiger charge is 2.16. The van der Waals surface area contributed by atoms with Crippen molar-refractivity contribution in [2.45, 2.75) is 32.7 Å². The van der Waals surface area contributed by atoms with Crippen molar-refractivity contribution in [3.05, 3.63) is 48.9 Å². The van der Waals surface area contributed by atoms with Gasteiger partial charge >= 0.3 is 0 Å². The third kappa shape index (κ3) is 3.92. The van der Waals surface area contributed by atoms with Gasteiger partial charge in [-0.15, -0.1) is 0 Å². The second kappa shape index (κ2) is 6.61. The third-order valence-corrected chi connectivity index (χ3v) is 3.87. The number of nitrogens with zero attached hydrogens (tertiary/aromatic N) is 3. The Labute approximate surface area is 142 Å². The molecule has 0 fully saturated rings. The summed E-state index contributed by atoms with van der Waals surface area (Å²) in [5, 5.41) is 4.24. The molecule has 3 aromatic rings. The van der Waals surface area contributed by atoms with Gasteiger partial charge in [-0.05, 0) is 49.9 Å². The average molecular weight is 324 g/mol. The van der Waals surface area contributed by atoms with Crippen LogP contribution in [0.3, 0.4) is 0 Å². The van der Waals surface area contributed by atoms with Gasteiger partial charge in [-0.3, -0.25) is 0 Å². The molecule has 3 rings (SSSR count). The van der Waals surface area contributed by atoms with E-state index in [2.05, 4.69) is 29.1 Å². The van der Waals surface area contributed by atoms with Crippen molar-refractivity contribution in [1.29, 1.82) is 0 Å². The Morgan fingerprint density at radius 2 is 1.92 bits per heavy atom. The second-order valence-electron chi connectivity index (χ2n) is 7.07. The Hall–Kier alpha value is -2.40. The number of ether oxygens (including phenoxy) is 1. The van der Waals surface area contributed by atoms with E-state index in [1.165, 1.54) is 0 Å². The number of benzene rings is 1. The summed E-state index contributed by atoms with van der Waals surface area (Å²) in [5.41, 5.74) is 8.90. The van der Waals surface area contributed by atoms with Gasteiger partial charge in [-0.2, -0.15) is 5.10 Å². The fourth-order valence-electron chi connectivity index (χ4n) is 2.99. The standard InChI is InChI=1S/C19H24N4O/c1-14(12-19(2,3)20)13-24-16-6-4-15(5-7-16)17-8-9-22-23-11-10-21-18(17)23/h4-11,14H,12-13,20H2,1-3H3/t14-/m0/s1. The van der Waals surface area contributed by atoms with E-state index in [0.29, 0.717) is 12.5 Å². The molecule has 0 aliphatic heterocycles. The maximum atomic E-state index is 6.06. The van der Waals surface area contributed by atoms with Crippen LogP contribution in [0.2, 0.25) is 0 Å². The normalized spacial score (nSPS) is 13.2. The number of fused-ring (bicyclic) bond motifs is 1. The van der Waals surface area contributed by atoms with Gasteiger partial charge in [0.25, 0.3) is 0 Å². The molecule has 0 radical (unpaired) electrons. The predicted octanol–water partition coefficient (Wildman–Crippen LogP) is 3.54. The lowest BCUT2D eigenvalue weighted by Gasteiger charge is -2.23. The van der Waals surface area contributed by atoms with Gasteiger partial charge in [-0.1, -0.05) is 19.1 Å². The molecule has 24 heavy (non-hydrogen) atoms. The lowest BCUT2D eigenvalue weighted by molar-refractivity contribution is 0.229. The van der Waals surface area contributed by atoms with E-state index >= 15 is 0 Å². The summed E-state index contributed by atoms with van der Waals surface area (Å²) in [6.07, 6.45) is 6.31. The molecule has 0 spiro atoms. The Morgan fingerprint density at radius 3 is 2.62 bits per heavy atom. The van der Waals surface area contributed by atoms with Crippen LogP contribution in [0, 0.1) is 5.92 Å². The number of rotatable bonds is 6. The lowest BCUT2D eigenvalue weighted by atomic mass is 9.93. The topological polar surface area (TPSA) is 65.4 Å². The highest BCUT2D eigenvalue weighted by atomic mass is 16.5. The lowest BCUT2D eigenvalue weighted by Crippen LogP contribution is -2.35. The van der Waals surface area contributed by atoms with Crippen LogP contribution in [0.1, 0.15) is 27.2 Å². The molecule has 2 N–H and O–H groups in total.